The second-order valence-corrected chi connectivity index (χ2v) is 6.40. The largest absolute Gasteiger partial charge is 0.502 e. The van der Waals surface area contributed by atoms with E-state index in [2.05, 4.69) is 4.72 Å². The minimum absolute atomic E-state index is 0.0382. The average Bonchev–Trinajstić information content (AvgIpc) is 2.93. The summed E-state index contributed by atoms with van der Waals surface area (Å²) in [6, 6.07) is 3.43. The fourth-order valence-corrected chi connectivity index (χ4v) is 2.54. The van der Waals surface area contributed by atoms with Gasteiger partial charge in [-0.2, -0.15) is 0 Å². The maximum Gasteiger partial charge on any atom is 0.253 e. The number of hydrogen-bond donors (Lipinski definition) is 3. The standard InChI is InChI=1S/C10H11NO5S2/c1-2-18(14,15)11-10-8(13)7(12)9(16-10)6-4-3-5-17-6/h3-5,11-13H,2H2,1H3. The molecule has 0 unspecified atom stereocenters. The van der Waals surface area contributed by atoms with E-state index in [0.717, 1.165) is 0 Å². The van der Waals surface area contributed by atoms with E-state index in [1.165, 1.54) is 18.3 Å². The van der Waals surface area contributed by atoms with E-state index in [-0.39, 0.29) is 17.4 Å². The topological polar surface area (TPSA) is 99.8 Å². The van der Waals surface area contributed by atoms with E-state index < -0.39 is 21.5 Å². The molecular formula is C10H11NO5S2. The molecular weight excluding hydrogens is 278 g/mol. The van der Waals surface area contributed by atoms with Gasteiger partial charge in [0.15, 0.2) is 5.76 Å². The Morgan fingerprint density at radius 3 is 2.67 bits per heavy atom. The number of sulfonamides is 1. The van der Waals surface area contributed by atoms with E-state index in [4.69, 9.17) is 4.42 Å². The lowest BCUT2D eigenvalue weighted by Gasteiger charge is -2.01. The van der Waals surface area contributed by atoms with Crippen LogP contribution in [0.1, 0.15) is 6.92 Å². The molecule has 0 saturated carbocycles. The smallest absolute Gasteiger partial charge is 0.253 e. The van der Waals surface area contributed by atoms with Crippen LogP contribution in [0.4, 0.5) is 5.88 Å². The highest BCUT2D eigenvalue weighted by atomic mass is 32.2. The Kier molecular flexibility index (Phi) is 3.22. The zero-order chi connectivity index (χ0) is 13.3. The van der Waals surface area contributed by atoms with Crippen molar-refractivity contribution >= 4 is 27.2 Å². The van der Waals surface area contributed by atoms with Crippen molar-refractivity contribution in [3.05, 3.63) is 17.5 Å². The summed E-state index contributed by atoms with van der Waals surface area (Å²) in [4.78, 5) is 0.588. The molecule has 2 aromatic rings. The van der Waals surface area contributed by atoms with Crippen LogP contribution in [0.3, 0.4) is 0 Å². The zero-order valence-electron chi connectivity index (χ0n) is 9.37. The second kappa shape index (κ2) is 4.54. The quantitative estimate of drug-likeness (QED) is 0.801. The second-order valence-electron chi connectivity index (χ2n) is 3.44. The Morgan fingerprint density at radius 1 is 1.39 bits per heavy atom. The van der Waals surface area contributed by atoms with E-state index in [9.17, 15) is 18.6 Å². The first-order valence-electron chi connectivity index (χ1n) is 5.03. The molecule has 18 heavy (non-hydrogen) atoms. The maximum atomic E-state index is 11.4. The molecule has 2 rings (SSSR count). The lowest BCUT2D eigenvalue weighted by Crippen LogP contribution is -2.14. The van der Waals surface area contributed by atoms with Gasteiger partial charge in [-0.15, -0.1) is 11.3 Å². The maximum absolute atomic E-state index is 11.4. The Balaban J connectivity index is 2.43. The molecule has 3 N–H and O–H groups in total. The highest BCUT2D eigenvalue weighted by Gasteiger charge is 2.23. The summed E-state index contributed by atoms with van der Waals surface area (Å²) in [5.41, 5.74) is 0. The molecule has 0 amide bonds. The number of furan rings is 1. The summed E-state index contributed by atoms with van der Waals surface area (Å²) in [6.07, 6.45) is 0. The highest BCUT2D eigenvalue weighted by molar-refractivity contribution is 7.92. The molecule has 0 radical (unpaired) electrons. The molecule has 2 aromatic heterocycles. The molecule has 2 heterocycles. The summed E-state index contributed by atoms with van der Waals surface area (Å²) in [5, 5.41) is 21.1. The van der Waals surface area contributed by atoms with Crippen molar-refractivity contribution in [1.29, 1.82) is 0 Å². The lowest BCUT2D eigenvalue weighted by molar-refractivity contribution is 0.410. The van der Waals surface area contributed by atoms with Crippen molar-refractivity contribution in [3.8, 4) is 22.1 Å². The van der Waals surface area contributed by atoms with Gasteiger partial charge in [0.25, 0.3) is 5.88 Å². The van der Waals surface area contributed by atoms with Gasteiger partial charge >= 0.3 is 0 Å². The summed E-state index contributed by atoms with van der Waals surface area (Å²) in [6.45, 7) is 1.45. The molecule has 6 nitrogen and oxygen atoms in total. The number of anilines is 1. The monoisotopic (exact) mass is 289 g/mol. The molecule has 0 bridgehead atoms. The normalized spacial score (nSPS) is 11.6. The SMILES string of the molecule is CCS(=O)(=O)Nc1oc(-c2cccs2)c(O)c1O. The van der Waals surface area contributed by atoms with Gasteiger partial charge < -0.3 is 14.6 Å². The summed E-state index contributed by atoms with van der Waals surface area (Å²) < 4.78 is 29.9. The fraction of sp³-hybridized carbons (Fsp3) is 0.200. The number of thiophene rings is 1. The Bertz CT molecular complexity index is 642. The highest BCUT2D eigenvalue weighted by Crippen LogP contribution is 2.46. The van der Waals surface area contributed by atoms with Gasteiger partial charge in [0.1, 0.15) is 0 Å². The lowest BCUT2D eigenvalue weighted by atomic mass is 10.3. The van der Waals surface area contributed by atoms with Crippen LogP contribution < -0.4 is 4.72 Å². The molecule has 0 spiro atoms. The van der Waals surface area contributed by atoms with Crippen molar-refractivity contribution in [3.63, 3.8) is 0 Å². The first-order chi connectivity index (χ1) is 8.44. The van der Waals surface area contributed by atoms with E-state index in [1.54, 1.807) is 17.5 Å². The number of aromatic hydroxyl groups is 2. The van der Waals surface area contributed by atoms with Gasteiger partial charge in [-0.1, -0.05) is 6.07 Å². The minimum Gasteiger partial charge on any atom is -0.502 e. The third-order valence-corrected chi connectivity index (χ3v) is 4.36. The van der Waals surface area contributed by atoms with E-state index in [0.29, 0.717) is 4.88 Å². The van der Waals surface area contributed by atoms with Crippen LogP contribution in [0.5, 0.6) is 11.5 Å². The third kappa shape index (κ3) is 2.29. The van der Waals surface area contributed by atoms with Crippen LogP contribution >= 0.6 is 11.3 Å². The van der Waals surface area contributed by atoms with Gasteiger partial charge in [0.2, 0.25) is 21.5 Å². The van der Waals surface area contributed by atoms with Crippen molar-refractivity contribution in [2.75, 3.05) is 10.5 Å². The molecule has 0 aromatic carbocycles. The Hall–Kier alpha value is -1.67. The van der Waals surface area contributed by atoms with Gasteiger partial charge in [0, 0.05) is 0 Å². The molecule has 98 valence electrons. The number of hydrogen-bond acceptors (Lipinski definition) is 6. The Labute approximate surface area is 108 Å². The third-order valence-electron chi connectivity index (χ3n) is 2.23. The molecule has 0 saturated heterocycles. The molecule has 8 heteroatoms. The average molecular weight is 289 g/mol. The fourth-order valence-electron chi connectivity index (χ4n) is 1.27. The summed E-state index contributed by atoms with van der Waals surface area (Å²) >= 11 is 1.29. The van der Waals surface area contributed by atoms with Gasteiger partial charge in [0.05, 0.1) is 10.6 Å². The Morgan fingerprint density at radius 2 is 2.11 bits per heavy atom. The van der Waals surface area contributed by atoms with Crippen LogP contribution in [-0.2, 0) is 10.0 Å². The van der Waals surface area contributed by atoms with Crippen molar-refractivity contribution < 1.29 is 23.0 Å². The van der Waals surface area contributed by atoms with Gasteiger partial charge in [-0.25, -0.2) is 13.1 Å². The van der Waals surface area contributed by atoms with Crippen LogP contribution in [0, 0.1) is 0 Å². The number of rotatable bonds is 4. The van der Waals surface area contributed by atoms with Crippen LogP contribution in [0.15, 0.2) is 21.9 Å². The number of nitrogens with one attached hydrogen (secondary N) is 1. The first-order valence-corrected chi connectivity index (χ1v) is 7.57. The molecule has 0 fully saturated rings. The predicted octanol–water partition coefficient (Wildman–Crippen LogP) is 2.18. The van der Waals surface area contributed by atoms with Crippen LogP contribution in [-0.4, -0.2) is 24.4 Å². The van der Waals surface area contributed by atoms with E-state index in [1.807, 2.05) is 0 Å². The van der Waals surface area contributed by atoms with E-state index >= 15 is 0 Å². The van der Waals surface area contributed by atoms with Crippen molar-refractivity contribution in [2.24, 2.45) is 0 Å². The van der Waals surface area contributed by atoms with Crippen molar-refractivity contribution in [2.45, 2.75) is 6.92 Å². The molecule has 0 aliphatic carbocycles. The van der Waals surface area contributed by atoms with Crippen LogP contribution in [0.25, 0.3) is 10.6 Å². The first kappa shape index (κ1) is 12.8. The predicted molar refractivity (Wildman–Crippen MR) is 68.4 cm³/mol. The van der Waals surface area contributed by atoms with Crippen LogP contribution in [0.2, 0.25) is 0 Å². The minimum atomic E-state index is -3.58. The van der Waals surface area contributed by atoms with Crippen molar-refractivity contribution in [1.82, 2.24) is 0 Å². The summed E-state index contributed by atoms with van der Waals surface area (Å²) in [5.74, 6) is -1.60. The summed E-state index contributed by atoms with van der Waals surface area (Å²) in [7, 11) is -3.58. The van der Waals surface area contributed by atoms with Gasteiger partial charge in [-0.05, 0) is 18.4 Å². The molecule has 0 atom stereocenters. The molecule has 0 aliphatic rings. The molecule has 0 aliphatic heterocycles. The zero-order valence-corrected chi connectivity index (χ0v) is 11.0. The van der Waals surface area contributed by atoms with Gasteiger partial charge in [-0.3, -0.25) is 0 Å².